The number of carbonyl (C=O) groups is 1. The van der Waals surface area contributed by atoms with Crippen LogP contribution in [0.4, 0.5) is 0 Å². The lowest BCUT2D eigenvalue weighted by molar-refractivity contribution is -0.121. The minimum atomic E-state index is 0.138. The van der Waals surface area contributed by atoms with E-state index < -0.39 is 0 Å². The number of hydrogen-bond donors (Lipinski definition) is 0. The average Bonchev–Trinajstić information content (AvgIpc) is 2.38. The fraction of sp³-hybridized carbons (Fsp3) is 0.529. The molecule has 0 amide bonds. The molecule has 0 saturated heterocycles. The van der Waals surface area contributed by atoms with Gasteiger partial charge in [0.2, 0.25) is 0 Å². The van der Waals surface area contributed by atoms with Crippen LogP contribution in [0, 0.1) is 11.8 Å². The Bertz CT molecular complexity index is 340. The zero-order valence-corrected chi connectivity index (χ0v) is 11.9. The summed E-state index contributed by atoms with van der Waals surface area (Å²) in [5, 5.41) is 0. The normalized spacial score (nSPS) is 12.7. The summed E-state index contributed by atoms with van der Waals surface area (Å²) in [5.41, 5.74) is 1.40. The standard InChI is InChI=1S/C17H25O/c1-14(2)15(3)17(18)13-9-5-8-12-16-10-6-4-7-11-16/h4,6-7,10-11,15H,5,8-9,12-13H2,1-3H3. The van der Waals surface area contributed by atoms with Gasteiger partial charge in [-0.2, -0.15) is 0 Å². The molecule has 0 aliphatic carbocycles. The topological polar surface area (TPSA) is 17.1 Å². The van der Waals surface area contributed by atoms with Crippen molar-refractivity contribution in [1.29, 1.82) is 0 Å². The lowest BCUT2D eigenvalue weighted by Crippen LogP contribution is -2.15. The lowest BCUT2D eigenvalue weighted by atomic mass is 9.91. The van der Waals surface area contributed by atoms with Crippen LogP contribution in [-0.2, 0) is 11.2 Å². The Kier molecular flexibility index (Phi) is 6.70. The van der Waals surface area contributed by atoms with Crippen LogP contribution >= 0.6 is 0 Å². The maximum atomic E-state index is 11.8. The van der Waals surface area contributed by atoms with E-state index in [1.807, 2.05) is 26.8 Å². The largest absolute Gasteiger partial charge is 0.299 e. The van der Waals surface area contributed by atoms with Gasteiger partial charge >= 0.3 is 0 Å². The number of carbonyl (C=O) groups excluding carboxylic acids is 1. The molecule has 1 heteroatoms. The van der Waals surface area contributed by atoms with Crippen molar-refractivity contribution in [3.8, 4) is 0 Å². The Morgan fingerprint density at radius 2 is 1.72 bits per heavy atom. The van der Waals surface area contributed by atoms with Gasteiger partial charge in [-0.1, -0.05) is 57.5 Å². The first-order chi connectivity index (χ1) is 8.61. The number of hydrogen-bond acceptors (Lipinski definition) is 1. The van der Waals surface area contributed by atoms with Gasteiger partial charge in [-0.05, 0) is 30.7 Å². The third kappa shape index (κ3) is 5.48. The first kappa shape index (κ1) is 14.9. The zero-order chi connectivity index (χ0) is 13.4. The number of rotatable bonds is 8. The summed E-state index contributed by atoms with van der Waals surface area (Å²) >= 11 is 0. The van der Waals surface area contributed by atoms with Crippen LogP contribution in [0.3, 0.4) is 0 Å². The molecule has 0 bridgehead atoms. The van der Waals surface area contributed by atoms with Crippen LogP contribution in [0.15, 0.2) is 30.3 Å². The molecule has 0 fully saturated rings. The van der Waals surface area contributed by atoms with E-state index in [9.17, 15) is 4.79 Å². The maximum Gasteiger partial charge on any atom is 0.136 e. The first-order valence-corrected chi connectivity index (χ1v) is 6.98. The molecule has 18 heavy (non-hydrogen) atoms. The molecule has 1 nitrogen and oxygen atoms in total. The molecule has 0 heterocycles. The van der Waals surface area contributed by atoms with Crippen LogP contribution < -0.4 is 0 Å². The van der Waals surface area contributed by atoms with Crippen LogP contribution in [0.5, 0.6) is 0 Å². The molecule has 0 aliphatic rings. The molecule has 1 atom stereocenters. The van der Waals surface area contributed by atoms with E-state index in [1.165, 1.54) is 17.9 Å². The van der Waals surface area contributed by atoms with E-state index in [0.29, 0.717) is 5.78 Å². The van der Waals surface area contributed by atoms with Gasteiger partial charge in [0.15, 0.2) is 0 Å². The molecule has 1 aromatic rings. The van der Waals surface area contributed by atoms with Crippen molar-refractivity contribution in [2.24, 2.45) is 5.92 Å². The van der Waals surface area contributed by atoms with Crippen molar-refractivity contribution in [3.63, 3.8) is 0 Å². The van der Waals surface area contributed by atoms with E-state index in [2.05, 4.69) is 24.3 Å². The number of Topliss-reactive ketones (excluding diaryl/α,β-unsaturated/α-hetero) is 1. The van der Waals surface area contributed by atoms with E-state index >= 15 is 0 Å². The monoisotopic (exact) mass is 245 g/mol. The second kappa shape index (κ2) is 8.07. The Morgan fingerprint density at radius 1 is 1.06 bits per heavy atom. The van der Waals surface area contributed by atoms with Gasteiger partial charge in [-0.3, -0.25) is 4.79 Å². The van der Waals surface area contributed by atoms with Crippen molar-refractivity contribution in [1.82, 2.24) is 0 Å². The molecule has 1 radical (unpaired) electrons. The molecule has 0 aliphatic heterocycles. The Morgan fingerprint density at radius 3 is 2.33 bits per heavy atom. The number of benzene rings is 1. The third-order valence-electron chi connectivity index (χ3n) is 3.58. The number of ketones is 1. The SMILES string of the molecule is C[C](C)C(C)C(=O)CCCCCc1ccccc1. The van der Waals surface area contributed by atoms with E-state index in [1.54, 1.807) is 0 Å². The molecule has 1 rings (SSSR count). The van der Waals surface area contributed by atoms with Gasteiger partial charge < -0.3 is 0 Å². The predicted molar refractivity (Wildman–Crippen MR) is 77.4 cm³/mol. The Labute approximate surface area is 112 Å². The average molecular weight is 245 g/mol. The number of unbranched alkanes of at least 4 members (excludes halogenated alkanes) is 2. The van der Waals surface area contributed by atoms with Crippen molar-refractivity contribution < 1.29 is 4.79 Å². The maximum absolute atomic E-state index is 11.8. The van der Waals surface area contributed by atoms with E-state index in [4.69, 9.17) is 0 Å². The van der Waals surface area contributed by atoms with E-state index in [0.717, 1.165) is 25.7 Å². The highest BCUT2D eigenvalue weighted by atomic mass is 16.1. The summed E-state index contributed by atoms with van der Waals surface area (Å²) in [6.07, 6.45) is 5.23. The molecule has 0 saturated carbocycles. The fourth-order valence-electron chi connectivity index (χ4n) is 1.99. The van der Waals surface area contributed by atoms with E-state index in [-0.39, 0.29) is 5.92 Å². The van der Waals surface area contributed by atoms with Gasteiger partial charge in [-0.25, -0.2) is 0 Å². The summed E-state index contributed by atoms with van der Waals surface area (Å²) in [5.74, 6) is 1.76. The lowest BCUT2D eigenvalue weighted by Gasteiger charge is -2.13. The zero-order valence-electron chi connectivity index (χ0n) is 11.9. The van der Waals surface area contributed by atoms with Gasteiger partial charge in [0.05, 0.1) is 0 Å². The van der Waals surface area contributed by atoms with Crippen LogP contribution in [0.1, 0.15) is 52.0 Å². The predicted octanol–water partition coefficient (Wildman–Crippen LogP) is 4.61. The summed E-state index contributed by atoms with van der Waals surface area (Å²) in [6, 6.07) is 10.6. The molecule has 1 unspecified atom stereocenters. The summed E-state index contributed by atoms with van der Waals surface area (Å²) in [7, 11) is 0. The van der Waals surface area contributed by atoms with Crippen LogP contribution in [-0.4, -0.2) is 5.78 Å². The minimum absolute atomic E-state index is 0.138. The second-order valence-corrected chi connectivity index (χ2v) is 5.31. The summed E-state index contributed by atoms with van der Waals surface area (Å²) in [4.78, 5) is 11.8. The Hall–Kier alpha value is -1.11. The highest BCUT2D eigenvalue weighted by Gasteiger charge is 2.15. The minimum Gasteiger partial charge on any atom is -0.299 e. The molecular formula is C17H25O. The molecule has 0 N–H and O–H groups in total. The molecule has 0 spiro atoms. The van der Waals surface area contributed by atoms with Crippen LogP contribution in [0.25, 0.3) is 0 Å². The Balaban J connectivity index is 2.11. The van der Waals surface area contributed by atoms with Gasteiger partial charge in [0, 0.05) is 12.3 Å². The van der Waals surface area contributed by atoms with Gasteiger partial charge in [-0.15, -0.1) is 0 Å². The van der Waals surface area contributed by atoms with Crippen molar-refractivity contribution in [2.75, 3.05) is 0 Å². The molecule has 1 aromatic carbocycles. The third-order valence-corrected chi connectivity index (χ3v) is 3.58. The van der Waals surface area contributed by atoms with Crippen LogP contribution in [0.2, 0.25) is 0 Å². The fourth-order valence-corrected chi connectivity index (χ4v) is 1.99. The quantitative estimate of drug-likeness (QED) is 0.611. The molecule has 99 valence electrons. The summed E-state index contributed by atoms with van der Waals surface area (Å²) < 4.78 is 0. The summed E-state index contributed by atoms with van der Waals surface area (Å²) in [6.45, 7) is 6.09. The molecular weight excluding hydrogens is 220 g/mol. The van der Waals surface area contributed by atoms with Crippen molar-refractivity contribution in [3.05, 3.63) is 41.8 Å². The highest BCUT2D eigenvalue weighted by molar-refractivity contribution is 5.82. The first-order valence-electron chi connectivity index (χ1n) is 6.98. The number of aryl methyl sites for hydroxylation is 1. The van der Waals surface area contributed by atoms with Crippen molar-refractivity contribution >= 4 is 5.78 Å². The van der Waals surface area contributed by atoms with Gasteiger partial charge in [0.25, 0.3) is 0 Å². The van der Waals surface area contributed by atoms with Gasteiger partial charge in [0.1, 0.15) is 5.78 Å². The van der Waals surface area contributed by atoms with Crippen molar-refractivity contribution in [2.45, 2.75) is 52.9 Å². The smallest absolute Gasteiger partial charge is 0.136 e. The highest BCUT2D eigenvalue weighted by Crippen LogP contribution is 2.17. The second-order valence-electron chi connectivity index (χ2n) is 5.31. The molecule has 0 aromatic heterocycles.